The summed E-state index contributed by atoms with van der Waals surface area (Å²) in [5.41, 5.74) is 0.0861. The molecule has 0 spiro atoms. The Labute approximate surface area is 120 Å². The predicted octanol–water partition coefficient (Wildman–Crippen LogP) is 3.59. The van der Waals surface area contributed by atoms with Crippen molar-refractivity contribution in [3.8, 4) is 0 Å². The van der Waals surface area contributed by atoms with Crippen LogP contribution in [-0.4, -0.2) is 28.1 Å². The molecule has 1 aliphatic rings. The van der Waals surface area contributed by atoms with Crippen LogP contribution in [0.2, 0.25) is 0 Å². The third kappa shape index (κ3) is 2.54. The van der Waals surface area contributed by atoms with E-state index in [0.717, 1.165) is 18.5 Å². The quantitative estimate of drug-likeness (QED) is 0.921. The van der Waals surface area contributed by atoms with Crippen LogP contribution in [0.4, 0.5) is 4.39 Å². The lowest BCUT2D eigenvalue weighted by molar-refractivity contribution is -0.149. The first-order valence-electron chi connectivity index (χ1n) is 6.31. The van der Waals surface area contributed by atoms with Crippen molar-refractivity contribution in [1.29, 1.82) is 0 Å². The van der Waals surface area contributed by atoms with Crippen LogP contribution in [0.15, 0.2) is 22.7 Å². The second-order valence-corrected chi connectivity index (χ2v) is 6.08. The maximum Gasteiger partial charge on any atom is 0.323 e. The van der Waals surface area contributed by atoms with Crippen molar-refractivity contribution in [3.05, 3.63) is 34.1 Å². The van der Waals surface area contributed by atoms with Crippen LogP contribution in [0.1, 0.15) is 38.3 Å². The number of hydrogen-bond acceptors (Lipinski definition) is 2. The van der Waals surface area contributed by atoms with E-state index in [-0.39, 0.29) is 11.9 Å². The van der Waals surface area contributed by atoms with Gasteiger partial charge in [-0.2, -0.15) is 0 Å². The Morgan fingerprint density at radius 2 is 2.26 bits per heavy atom. The molecule has 3 nitrogen and oxygen atoms in total. The Hall–Kier alpha value is -0.940. The normalized spacial score (nSPS) is 25.5. The topological polar surface area (TPSA) is 40.5 Å². The molecular weight excluding hydrogens is 313 g/mol. The van der Waals surface area contributed by atoms with E-state index in [1.807, 2.05) is 11.8 Å². The summed E-state index contributed by atoms with van der Waals surface area (Å²) in [6.45, 7) is 4.47. The summed E-state index contributed by atoms with van der Waals surface area (Å²) in [4.78, 5) is 13.5. The highest BCUT2D eigenvalue weighted by Gasteiger charge is 2.45. The lowest BCUT2D eigenvalue weighted by Gasteiger charge is -2.36. The smallest absolute Gasteiger partial charge is 0.323 e. The zero-order chi connectivity index (χ0) is 14.2. The third-order valence-electron chi connectivity index (χ3n) is 4.05. The van der Waals surface area contributed by atoms with Crippen molar-refractivity contribution in [2.24, 2.45) is 0 Å². The van der Waals surface area contributed by atoms with Crippen LogP contribution >= 0.6 is 15.9 Å². The summed E-state index contributed by atoms with van der Waals surface area (Å²) in [5, 5.41) is 9.43. The minimum atomic E-state index is -0.833. The average Bonchev–Trinajstić information content (AvgIpc) is 2.75. The number of carboxylic acids is 1. The van der Waals surface area contributed by atoms with Crippen LogP contribution in [0.5, 0.6) is 0 Å². The van der Waals surface area contributed by atoms with Crippen LogP contribution in [0, 0.1) is 5.82 Å². The highest BCUT2D eigenvalue weighted by molar-refractivity contribution is 9.10. The van der Waals surface area contributed by atoms with Crippen molar-refractivity contribution >= 4 is 21.9 Å². The highest BCUT2D eigenvalue weighted by atomic mass is 79.9. The molecule has 2 unspecified atom stereocenters. The molecule has 5 heteroatoms. The first-order valence-corrected chi connectivity index (χ1v) is 7.10. The summed E-state index contributed by atoms with van der Waals surface area (Å²) in [6, 6.07) is 4.79. The molecule has 2 rings (SSSR count). The van der Waals surface area contributed by atoms with Gasteiger partial charge in [0.1, 0.15) is 11.4 Å². The van der Waals surface area contributed by atoms with Gasteiger partial charge >= 0.3 is 5.97 Å². The number of carboxylic acid groups (broad SMARTS) is 1. The van der Waals surface area contributed by atoms with E-state index in [9.17, 15) is 14.3 Å². The van der Waals surface area contributed by atoms with Gasteiger partial charge in [0.25, 0.3) is 0 Å². The molecule has 1 N–H and O–H groups in total. The largest absolute Gasteiger partial charge is 0.480 e. The molecule has 19 heavy (non-hydrogen) atoms. The van der Waals surface area contributed by atoms with Gasteiger partial charge in [-0.3, -0.25) is 9.69 Å². The number of aliphatic carboxylic acids is 1. The van der Waals surface area contributed by atoms with Gasteiger partial charge in [0.2, 0.25) is 0 Å². The Balaban J connectivity index is 2.30. The van der Waals surface area contributed by atoms with Gasteiger partial charge in [-0.15, -0.1) is 0 Å². The van der Waals surface area contributed by atoms with E-state index in [0.29, 0.717) is 10.9 Å². The summed E-state index contributed by atoms with van der Waals surface area (Å²) in [7, 11) is 0. The van der Waals surface area contributed by atoms with Crippen molar-refractivity contribution in [2.75, 3.05) is 6.54 Å². The number of halogens is 2. The van der Waals surface area contributed by atoms with Gasteiger partial charge in [0.15, 0.2) is 0 Å². The van der Waals surface area contributed by atoms with E-state index < -0.39 is 11.5 Å². The molecule has 0 saturated carbocycles. The number of hydrogen-bond donors (Lipinski definition) is 1. The van der Waals surface area contributed by atoms with Crippen LogP contribution in [0.3, 0.4) is 0 Å². The lowest BCUT2D eigenvalue weighted by Crippen LogP contribution is -2.48. The van der Waals surface area contributed by atoms with Gasteiger partial charge in [-0.05, 0) is 66.9 Å². The SMILES string of the molecule is CC(c1ccc(F)c(Br)c1)N1CCCC1(C)C(=O)O. The fraction of sp³-hybridized carbons (Fsp3) is 0.500. The lowest BCUT2D eigenvalue weighted by atomic mass is 9.96. The number of benzene rings is 1. The first kappa shape index (κ1) is 14.5. The molecule has 1 aromatic rings. The van der Waals surface area contributed by atoms with Crippen molar-refractivity contribution in [2.45, 2.75) is 38.3 Å². The van der Waals surface area contributed by atoms with Crippen LogP contribution < -0.4 is 0 Å². The Morgan fingerprint density at radius 1 is 1.58 bits per heavy atom. The van der Waals surface area contributed by atoms with E-state index >= 15 is 0 Å². The van der Waals surface area contributed by atoms with Gasteiger partial charge in [-0.25, -0.2) is 4.39 Å². The summed E-state index contributed by atoms with van der Waals surface area (Å²) >= 11 is 3.17. The van der Waals surface area contributed by atoms with Crippen molar-refractivity contribution in [3.63, 3.8) is 0 Å². The molecule has 1 heterocycles. The number of carbonyl (C=O) groups is 1. The maximum absolute atomic E-state index is 13.3. The minimum absolute atomic E-state index is 0.0551. The molecule has 1 saturated heterocycles. The average molecular weight is 330 g/mol. The second-order valence-electron chi connectivity index (χ2n) is 5.23. The number of likely N-dealkylation sites (tertiary alicyclic amines) is 1. The first-order chi connectivity index (χ1) is 8.86. The summed E-state index contributed by atoms with van der Waals surface area (Å²) < 4.78 is 13.7. The molecule has 0 radical (unpaired) electrons. The van der Waals surface area contributed by atoms with E-state index in [1.165, 1.54) is 6.07 Å². The zero-order valence-electron chi connectivity index (χ0n) is 11.0. The van der Waals surface area contributed by atoms with Gasteiger partial charge in [-0.1, -0.05) is 6.07 Å². The summed E-state index contributed by atoms with van der Waals surface area (Å²) in [6.07, 6.45) is 1.52. The second kappa shape index (κ2) is 5.21. The monoisotopic (exact) mass is 329 g/mol. The standard InChI is InChI=1S/C14H17BrFNO2/c1-9(10-4-5-12(16)11(15)8-10)17-7-3-6-14(17,2)13(18)19/h4-5,8-9H,3,6-7H2,1-2H3,(H,18,19). The van der Waals surface area contributed by atoms with E-state index in [2.05, 4.69) is 15.9 Å². The molecule has 0 amide bonds. The van der Waals surface area contributed by atoms with Crippen molar-refractivity contribution < 1.29 is 14.3 Å². The molecule has 0 aliphatic carbocycles. The molecule has 1 aromatic carbocycles. The van der Waals surface area contributed by atoms with Gasteiger partial charge < -0.3 is 5.11 Å². The zero-order valence-corrected chi connectivity index (χ0v) is 12.6. The predicted molar refractivity (Wildman–Crippen MR) is 74.5 cm³/mol. The maximum atomic E-state index is 13.3. The summed E-state index contributed by atoms with van der Waals surface area (Å²) in [5.74, 6) is -1.10. The number of nitrogens with zero attached hydrogens (tertiary/aromatic N) is 1. The van der Waals surface area contributed by atoms with Crippen molar-refractivity contribution in [1.82, 2.24) is 4.90 Å². The molecule has 1 aliphatic heterocycles. The third-order valence-corrected chi connectivity index (χ3v) is 4.66. The molecule has 1 fully saturated rings. The molecule has 2 atom stereocenters. The Morgan fingerprint density at radius 3 is 2.84 bits per heavy atom. The van der Waals surface area contributed by atoms with E-state index in [4.69, 9.17) is 0 Å². The molecule has 0 bridgehead atoms. The fourth-order valence-corrected chi connectivity index (χ4v) is 3.18. The molecular formula is C14H17BrFNO2. The van der Waals surface area contributed by atoms with Crippen LogP contribution in [0.25, 0.3) is 0 Å². The molecule has 0 aromatic heterocycles. The Kier molecular flexibility index (Phi) is 3.97. The number of rotatable bonds is 3. The Bertz CT molecular complexity index is 508. The van der Waals surface area contributed by atoms with Gasteiger partial charge in [0.05, 0.1) is 4.47 Å². The molecule has 104 valence electrons. The fourth-order valence-electron chi connectivity index (χ4n) is 2.79. The minimum Gasteiger partial charge on any atom is -0.480 e. The highest BCUT2D eigenvalue weighted by Crippen LogP contribution is 2.37. The van der Waals surface area contributed by atoms with Crippen LogP contribution in [-0.2, 0) is 4.79 Å². The van der Waals surface area contributed by atoms with E-state index in [1.54, 1.807) is 19.1 Å². The van der Waals surface area contributed by atoms with Gasteiger partial charge in [0, 0.05) is 6.04 Å².